The third kappa shape index (κ3) is 4.36. The highest BCUT2D eigenvalue weighted by atomic mass is 35.5. The standard InChI is InChI=1S/C19H17Cl2N3OS/c1-11-7-8-13(9-16(11)21)24-19(25)22-10-17-12(2)23-18(26-17)14-5-3-4-6-15(14)20/h3-9H,10H2,1-2H3,(H2,22,24,25). The van der Waals surface area contributed by atoms with Gasteiger partial charge in [-0.1, -0.05) is 47.5 Å². The number of carbonyl (C=O) groups is 1. The van der Waals surface area contributed by atoms with Crippen molar-refractivity contribution >= 4 is 46.3 Å². The molecule has 7 heteroatoms. The number of anilines is 1. The van der Waals surface area contributed by atoms with E-state index in [1.54, 1.807) is 6.07 Å². The summed E-state index contributed by atoms with van der Waals surface area (Å²) in [5, 5.41) is 7.74. The van der Waals surface area contributed by atoms with Crippen LogP contribution in [0.2, 0.25) is 10.0 Å². The van der Waals surface area contributed by atoms with E-state index in [9.17, 15) is 4.79 Å². The van der Waals surface area contributed by atoms with Crippen molar-refractivity contribution in [2.24, 2.45) is 0 Å². The van der Waals surface area contributed by atoms with E-state index >= 15 is 0 Å². The molecule has 0 aliphatic heterocycles. The molecule has 3 aromatic rings. The number of rotatable bonds is 4. The minimum Gasteiger partial charge on any atom is -0.333 e. The molecule has 26 heavy (non-hydrogen) atoms. The first-order valence-corrected chi connectivity index (χ1v) is 9.53. The zero-order chi connectivity index (χ0) is 18.7. The first-order valence-electron chi connectivity index (χ1n) is 7.96. The van der Waals surface area contributed by atoms with Crippen molar-refractivity contribution in [1.29, 1.82) is 0 Å². The third-order valence-corrected chi connectivity index (χ3v) is 5.76. The summed E-state index contributed by atoms with van der Waals surface area (Å²) in [6.07, 6.45) is 0. The third-order valence-electron chi connectivity index (χ3n) is 3.84. The van der Waals surface area contributed by atoms with E-state index in [1.165, 1.54) is 11.3 Å². The molecular formula is C19H17Cl2N3OS. The lowest BCUT2D eigenvalue weighted by molar-refractivity contribution is 0.252. The summed E-state index contributed by atoms with van der Waals surface area (Å²) >= 11 is 13.8. The summed E-state index contributed by atoms with van der Waals surface area (Å²) in [6.45, 7) is 4.22. The van der Waals surface area contributed by atoms with Crippen LogP contribution in [0.3, 0.4) is 0 Å². The van der Waals surface area contributed by atoms with Crippen molar-refractivity contribution in [3.63, 3.8) is 0 Å². The number of amides is 2. The van der Waals surface area contributed by atoms with Gasteiger partial charge in [0.25, 0.3) is 0 Å². The highest BCUT2D eigenvalue weighted by molar-refractivity contribution is 7.15. The molecule has 4 nitrogen and oxygen atoms in total. The first kappa shape index (κ1) is 18.7. The molecule has 134 valence electrons. The van der Waals surface area contributed by atoms with Crippen molar-refractivity contribution in [3.05, 3.63) is 68.6 Å². The molecule has 0 bridgehead atoms. The average Bonchev–Trinajstić information content (AvgIpc) is 2.97. The lowest BCUT2D eigenvalue weighted by atomic mass is 10.2. The van der Waals surface area contributed by atoms with Crippen LogP contribution in [-0.4, -0.2) is 11.0 Å². The van der Waals surface area contributed by atoms with Gasteiger partial charge in [-0.05, 0) is 37.6 Å². The Labute approximate surface area is 166 Å². The van der Waals surface area contributed by atoms with E-state index < -0.39 is 0 Å². The lowest BCUT2D eigenvalue weighted by Gasteiger charge is -2.08. The number of aromatic nitrogens is 1. The van der Waals surface area contributed by atoms with Crippen molar-refractivity contribution in [2.75, 3.05) is 5.32 Å². The van der Waals surface area contributed by atoms with Gasteiger partial charge in [-0.3, -0.25) is 0 Å². The number of benzene rings is 2. The van der Waals surface area contributed by atoms with Crippen LogP contribution in [0.4, 0.5) is 10.5 Å². The predicted molar refractivity (Wildman–Crippen MR) is 109 cm³/mol. The molecule has 2 N–H and O–H groups in total. The van der Waals surface area contributed by atoms with Crippen LogP contribution >= 0.6 is 34.5 Å². The molecule has 0 unspecified atom stereocenters. The van der Waals surface area contributed by atoms with E-state index in [1.807, 2.05) is 50.2 Å². The number of nitrogens with one attached hydrogen (secondary N) is 2. The van der Waals surface area contributed by atoms with Crippen LogP contribution in [0.25, 0.3) is 10.6 Å². The average molecular weight is 406 g/mol. The Bertz CT molecular complexity index is 956. The molecule has 0 aliphatic rings. The molecule has 2 amide bonds. The molecular weight excluding hydrogens is 389 g/mol. The number of hydrogen-bond acceptors (Lipinski definition) is 3. The fourth-order valence-electron chi connectivity index (χ4n) is 2.35. The van der Waals surface area contributed by atoms with Crippen LogP contribution < -0.4 is 10.6 Å². The Kier molecular flexibility index (Phi) is 5.81. The number of nitrogens with zero attached hydrogens (tertiary/aromatic N) is 1. The number of halogens is 2. The molecule has 0 aliphatic carbocycles. The lowest BCUT2D eigenvalue weighted by Crippen LogP contribution is -2.28. The van der Waals surface area contributed by atoms with Crippen molar-refractivity contribution < 1.29 is 4.79 Å². The number of hydrogen-bond donors (Lipinski definition) is 2. The maximum Gasteiger partial charge on any atom is 0.319 e. The van der Waals surface area contributed by atoms with Gasteiger partial charge in [0.1, 0.15) is 5.01 Å². The second-order valence-corrected chi connectivity index (χ2v) is 7.68. The van der Waals surface area contributed by atoms with Gasteiger partial charge in [-0.2, -0.15) is 0 Å². The minimum absolute atomic E-state index is 0.294. The second-order valence-electron chi connectivity index (χ2n) is 5.78. The molecule has 0 saturated heterocycles. The summed E-state index contributed by atoms with van der Waals surface area (Å²) in [4.78, 5) is 17.7. The van der Waals surface area contributed by atoms with Gasteiger partial charge in [0.05, 0.1) is 17.3 Å². The van der Waals surface area contributed by atoms with Gasteiger partial charge < -0.3 is 10.6 Å². The Hall–Kier alpha value is -2.08. The topological polar surface area (TPSA) is 54.0 Å². The smallest absolute Gasteiger partial charge is 0.319 e. The molecule has 1 heterocycles. The zero-order valence-electron chi connectivity index (χ0n) is 14.3. The van der Waals surface area contributed by atoms with E-state index in [0.717, 1.165) is 26.7 Å². The Morgan fingerprint density at radius 3 is 2.62 bits per heavy atom. The van der Waals surface area contributed by atoms with Crippen LogP contribution in [0.5, 0.6) is 0 Å². The van der Waals surface area contributed by atoms with Gasteiger partial charge >= 0.3 is 6.03 Å². The maximum atomic E-state index is 12.1. The quantitative estimate of drug-likeness (QED) is 0.554. The molecule has 0 spiro atoms. The normalized spacial score (nSPS) is 10.6. The summed E-state index contributed by atoms with van der Waals surface area (Å²) in [5.41, 5.74) is 3.39. The molecule has 2 aromatic carbocycles. The van der Waals surface area contributed by atoms with Crippen molar-refractivity contribution in [3.8, 4) is 10.6 Å². The fraction of sp³-hybridized carbons (Fsp3) is 0.158. The Morgan fingerprint density at radius 2 is 1.88 bits per heavy atom. The summed E-state index contributed by atoms with van der Waals surface area (Å²) in [6, 6.07) is 12.7. The number of thiazole rings is 1. The second kappa shape index (κ2) is 8.08. The van der Waals surface area contributed by atoms with Gasteiger partial charge in [-0.15, -0.1) is 11.3 Å². The predicted octanol–water partition coefficient (Wildman–Crippen LogP) is 6.06. The molecule has 1 aromatic heterocycles. The zero-order valence-corrected chi connectivity index (χ0v) is 16.6. The van der Waals surface area contributed by atoms with Gasteiger partial charge in [0.2, 0.25) is 0 Å². The molecule has 0 radical (unpaired) electrons. The van der Waals surface area contributed by atoms with Crippen LogP contribution in [-0.2, 0) is 6.54 Å². The summed E-state index contributed by atoms with van der Waals surface area (Å²) in [7, 11) is 0. The van der Waals surface area contributed by atoms with Crippen LogP contribution in [0, 0.1) is 13.8 Å². The van der Waals surface area contributed by atoms with Crippen molar-refractivity contribution in [2.45, 2.75) is 20.4 Å². The van der Waals surface area contributed by atoms with Crippen LogP contribution in [0.15, 0.2) is 42.5 Å². The molecule has 3 rings (SSSR count). The van der Waals surface area contributed by atoms with Crippen LogP contribution in [0.1, 0.15) is 16.1 Å². The number of aryl methyl sites for hydroxylation is 2. The first-order chi connectivity index (χ1) is 12.4. The Balaban J connectivity index is 1.65. The van der Waals surface area contributed by atoms with Gasteiger partial charge in [0.15, 0.2) is 0 Å². The van der Waals surface area contributed by atoms with E-state index in [-0.39, 0.29) is 6.03 Å². The van der Waals surface area contributed by atoms with E-state index in [0.29, 0.717) is 22.3 Å². The Morgan fingerprint density at radius 1 is 1.12 bits per heavy atom. The van der Waals surface area contributed by atoms with E-state index in [4.69, 9.17) is 23.2 Å². The highest BCUT2D eigenvalue weighted by Gasteiger charge is 2.13. The van der Waals surface area contributed by atoms with E-state index in [2.05, 4.69) is 15.6 Å². The maximum absolute atomic E-state index is 12.1. The fourth-order valence-corrected chi connectivity index (χ4v) is 3.85. The molecule has 0 fully saturated rings. The highest BCUT2D eigenvalue weighted by Crippen LogP contribution is 2.32. The monoisotopic (exact) mass is 405 g/mol. The SMILES string of the molecule is Cc1ccc(NC(=O)NCc2sc(-c3ccccc3Cl)nc2C)cc1Cl. The molecule has 0 atom stereocenters. The largest absolute Gasteiger partial charge is 0.333 e. The van der Waals surface area contributed by atoms with Gasteiger partial charge in [0, 0.05) is 21.2 Å². The number of urea groups is 1. The number of carbonyl (C=O) groups excluding carboxylic acids is 1. The molecule has 0 saturated carbocycles. The summed E-state index contributed by atoms with van der Waals surface area (Å²) < 4.78 is 0. The van der Waals surface area contributed by atoms with Gasteiger partial charge in [-0.25, -0.2) is 9.78 Å². The van der Waals surface area contributed by atoms with Crippen molar-refractivity contribution in [1.82, 2.24) is 10.3 Å². The minimum atomic E-state index is -0.294. The summed E-state index contributed by atoms with van der Waals surface area (Å²) in [5.74, 6) is 0.